The molecule has 2 atom stereocenters. The second-order valence-corrected chi connectivity index (χ2v) is 6.99. The molecule has 2 aliphatic heterocycles. The topological polar surface area (TPSA) is 39.1 Å². The van der Waals surface area contributed by atoms with Gasteiger partial charge in [0.25, 0.3) is 0 Å². The van der Waals surface area contributed by atoms with Crippen LogP contribution in [0.5, 0.6) is 0 Å². The van der Waals surface area contributed by atoms with E-state index in [2.05, 4.69) is 35.3 Å². The summed E-state index contributed by atoms with van der Waals surface area (Å²) in [6.07, 6.45) is 8.15. The van der Waals surface area contributed by atoms with Gasteiger partial charge in [-0.15, -0.1) is 0 Å². The van der Waals surface area contributed by atoms with E-state index in [1.54, 1.807) is 0 Å². The summed E-state index contributed by atoms with van der Waals surface area (Å²) < 4.78 is 7.94. The van der Waals surface area contributed by atoms with Crippen LogP contribution in [0.2, 0.25) is 0 Å². The summed E-state index contributed by atoms with van der Waals surface area (Å²) in [7, 11) is 0. The number of rotatable bonds is 5. The van der Waals surface area contributed by atoms with Crippen LogP contribution in [0.3, 0.4) is 0 Å². The van der Waals surface area contributed by atoms with E-state index in [1.807, 2.05) is 10.9 Å². The van der Waals surface area contributed by atoms with Gasteiger partial charge in [-0.05, 0) is 37.7 Å². The molecule has 1 N–H and O–H groups in total. The number of hydrogen-bond donors (Lipinski definition) is 1. The molecule has 2 fully saturated rings. The molecule has 2 unspecified atom stereocenters. The average molecular weight is 295 g/mol. The molecule has 3 heterocycles. The van der Waals surface area contributed by atoms with E-state index in [1.165, 1.54) is 29.9 Å². The van der Waals surface area contributed by atoms with E-state index in [0.29, 0.717) is 5.92 Å². The van der Waals surface area contributed by atoms with Crippen molar-refractivity contribution in [2.75, 3.05) is 24.7 Å². The highest BCUT2D eigenvalue weighted by atomic mass is 32.2. The zero-order valence-corrected chi connectivity index (χ0v) is 13.1. The lowest BCUT2D eigenvalue weighted by atomic mass is 9.96. The fourth-order valence-corrected chi connectivity index (χ4v) is 4.24. The molecule has 0 bridgehead atoms. The van der Waals surface area contributed by atoms with Crippen molar-refractivity contribution in [2.24, 2.45) is 5.92 Å². The standard InChI is InChI=1S/C15H25N3OS/c1-2-18-11-13(10-17-18)15-12(3-6-19-15)9-16-14-4-7-20-8-5-14/h10-12,14-16H,2-9H2,1H3. The maximum absolute atomic E-state index is 5.95. The first-order valence-corrected chi connectivity index (χ1v) is 8.97. The minimum absolute atomic E-state index is 0.237. The van der Waals surface area contributed by atoms with Gasteiger partial charge in [-0.25, -0.2) is 0 Å². The zero-order valence-electron chi connectivity index (χ0n) is 12.3. The molecule has 0 aromatic carbocycles. The molecule has 2 aliphatic rings. The maximum atomic E-state index is 5.95. The van der Waals surface area contributed by atoms with Crippen LogP contribution in [0, 0.1) is 5.92 Å². The first-order valence-electron chi connectivity index (χ1n) is 7.82. The monoisotopic (exact) mass is 295 g/mol. The van der Waals surface area contributed by atoms with Crippen molar-refractivity contribution >= 4 is 11.8 Å². The largest absolute Gasteiger partial charge is 0.373 e. The second-order valence-electron chi connectivity index (χ2n) is 5.76. The molecule has 4 nitrogen and oxygen atoms in total. The van der Waals surface area contributed by atoms with Crippen LogP contribution < -0.4 is 5.32 Å². The number of hydrogen-bond acceptors (Lipinski definition) is 4. The van der Waals surface area contributed by atoms with Crippen LogP contribution in [-0.4, -0.2) is 40.5 Å². The summed E-state index contributed by atoms with van der Waals surface area (Å²) >= 11 is 2.08. The zero-order chi connectivity index (χ0) is 13.8. The number of nitrogens with zero attached hydrogens (tertiary/aromatic N) is 2. The lowest BCUT2D eigenvalue weighted by Crippen LogP contribution is -2.36. The Morgan fingerprint density at radius 1 is 1.40 bits per heavy atom. The Morgan fingerprint density at radius 3 is 3.00 bits per heavy atom. The van der Waals surface area contributed by atoms with Crippen LogP contribution in [0.4, 0.5) is 0 Å². The van der Waals surface area contributed by atoms with Gasteiger partial charge in [-0.1, -0.05) is 0 Å². The Hall–Kier alpha value is -0.520. The molecule has 0 aliphatic carbocycles. The quantitative estimate of drug-likeness (QED) is 0.906. The summed E-state index contributed by atoms with van der Waals surface area (Å²) in [5, 5.41) is 8.14. The van der Waals surface area contributed by atoms with Gasteiger partial charge in [-0.2, -0.15) is 16.9 Å². The third-order valence-electron chi connectivity index (χ3n) is 4.41. The number of aromatic nitrogens is 2. The van der Waals surface area contributed by atoms with Crippen LogP contribution in [0.15, 0.2) is 12.4 Å². The predicted octanol–water partition coefficient (Wildman–Crippen LogP) is 2.47. The van der Waals surface area contributed by atoms with Gasteiger partial charge in [0.15, 0.2) is 0 Å². The second kappa shape index (κ2) is 6.96. The van der Waals surface area contributed by atoms with Gasteiger partial charge in [-0.3, -0.25) is 4.68 Å². The van der Waals surface area contributed by atoms with Crippen molar-refractivity contribution in [3.8, 4) is 0 Å². The van der Waals surface area contributed by atoms with Gasteiger partial charge in [0.1, 0.15) is 0 Å². The van der Waals surface area contributed by atoms with Crippen molar-refractivity contribution in [1.82, 2.24) is 15.1 Å². The van der Waals surface area contributed by atoms with Crippen molar-refractivity contribution in [3.05, 3.63) is 18.0 Å². The molecule has 0 amide bonds. The highest BCUT2D eigenvalue weighted by Crippen LogP contribution is 2.34. The summed E-state index contributed by atoms with van der Waals surface area (Å²) in [6, 6.07) is 0.718. The van der Waals surface area contributed by atoms with Gasteiger partial charge in [0.2, 0.25) is 0 Å². The Labute approximate surface area is 125 Å². The molecule has 1 aromatic rings. The Bertz CT molecular complexity index is 417. The molecule has 5 heteroatoms. The van der Waals surface area contributed by atoms with Gasteiger partial charge < -0.3 is 10.1 Å². The fraction of sp³-hybridized carbons (Fsp3) is 0.800. The van der Waals surface area contributed by atoms with E-state index in [-0.39, 0.29) is 6.10 Å². The van der Waals surface area contributed by atoms with Crippen molar-refractivity contribution in [3.63, 3.8) is 0 Å². The highest BCUT2D eigenvalue weighted by molar-refractivity contribution is 7.99. The van der Waals surface area contributed by atoms with E-state index in [0.717, 1.165) is 32.2 Å². The molecule has 0 saturated carbocycles. The van der Waals surface area contributed by atoms with E-state index in [4.69, 9.17) is 4.74 Å². The van der Waals surface area contributed by atoms with E-state index >= 15 is 0 Å². The molecule has 2 saturated heterocycles. The predicted molar refractivity (Wildman–Crippen MR) is 83.1 cm³/mol. The van der Waals surface area contributed by atoms with Gasteiger partial charge >= 0.3 is 0 Å². The van der Waals surface area contributed by atoms with Crippen LogP contribution >= 0.6 is 11.8 Å². The molecule has 20 heavy (non-hydrogen) atoms. The molecule has 0 radical (unpaired) electrons. The van der Waals surface area contributed by atoms with E-state index < -0.39 is 0 Å². The summed E-state index contributed by atoms with van der Waals surface area (Å²) in [5.41, 5.74) is 1.25. The number of aryl methyl sites for hydroxylation is 1. The first-order chi connectivity index (χ1) is 9.86. The van der Waals surface area contributed by atoms with Crippen LogP contribution in [-0.2, 0) is 11.3 Å². The lowest BCUT2D eigenvalue weighted by Gasteiger charge is -2.25. The van der Waals surface area contributed by atoms with Crippen molar-refractivity contribution in [2.45, 2.75) is 44.9 Å². The molecular weight excluding hydrogens is 270 g/mol. The Balaban J connectivity index is 1.54. The third-order valence-corrected chi connectivity index (χ3v) is 5.46. The minimum Gasteiger partial charge on any atom is -0.373 e. The SMILES string of the molecule is CCn1cc(C2OCCC2CNC2CCSCC2)cn1. The van der Waals surface area contributed by atoms with Crippen molar-refractivity contribution in [1.29, 1.82) is 0 Å². The molecule has 112 valence electrons. The molecule has 0 spiro atoms. The summed E-state index contributed by atoms with van der Waals surface area (Å²) in [5.74, 6) is 3.22. The average Bonchev–Trinajstić information content (AvgIpc) is 3.14. The minimum atomic E-state index is 0.237. The van der Waals surface area contributed by atoms with Crippen LogP contribution in [0.25, 0.3) is 0 Å². The normalized spacial score (nSPS) is 28.1. The highest BCUT2D eigenvalue weighted by Gasteiger charge is 2.31. The fourth-order valence-electron chi connectivity index (χ4n) is 3.13. The van der Waals surface area contributed by atoms with E-state index in [9.17, 15) is 0 Å². The maximum Gasteiger partial charge on any atom is 0.0896 e. The molecule has 1 aromatic heterocycles. The smallest absolute Gasteiger partial charge is 0.0896 e. The molecule has 3 rings (SSSR count). The number of thioether (sulfide) groups is 1. The number of ether oxygens (including phenoxy) is 1. The van der Waals surface area contributed by atoms with Crippen molar-refractivity contribution < 1.29 is 4.74 Å². The first kappa shape index (κ1) is 14.4. The lowest BCUT2D eigenvalue weighted by molar-refractivity contribution is 0.0896. The van der Waals surface area contributed by atoms with Crippen LogP contribution in [0.1, 0.15) is 37.9 Å². The Morgan fingerprint density at radius 2 is 2.25 bits per heavy atom. The Kier molecular flexibility index (Phi) is 5.02. The third kappa shape index (κ3) is 3.38. The summed E-state index contributed by atoms with van der Waals surface area (Å²) in [4.78, 5) is 0. The molecular formula is C15H25N3OS. The summed E-state index contributed by atoms with van der Waals surface area (Å²) in [6.45, 7) is 5.01. The van der Waals surface area contributed by atoms with Gasteiger partial charge in [0, 0.05) is 43.4 Å². The number of nitrogens with one attached hydrogen (secondary N) is 1. The van der Waals surface area contributed by atoms with Gasteiger partial charge in [0.05, 0.1) is 12.3 Å².